The summed E-state index contributed by atoms with van der Waals surface area (Å²) in [6.07, 6.45) is 4.02. The Bertz CT molecular complexity index is 574. The van der Waals surface area contributed by atoms with Gasteiger partial charge >= 0.3 is 0 Å². The Balaban J connectivity index is 1.67. The summed E-state index contributed by atoms with van der Waals surface area (Å²) in [5.74, 6) is 0. The van der Waals surface area contributed by atoms with Crippen molar-refractivity contribution in [3.8, 4) is 0 Å². The minimum Gasteiger partial charge on any atom is -0.397 e. The number of nitrogen functional groups attached to an aromatic ring is 1. The van der Waals surface area contributed by atoms with Gasteiger partial charge in [-0.25, -0.2) is 0 Å². The van der Waals surface area contributed by atoms with Gasteiger partial charge in [0, 0.05) is 12.2 Å². The molecular weight excluding hydrogens is 258 g/mol. The van der Waals surface area contributed by atoms with Crippen molar-refractivity contribution in [3.63, 3.8) is 0 Å². The molecule has 1 fully saturated rings. The van der Waals surface area contributed by atoms with Crippen LogP contribution >= 0.6 is 0 Å². The van der Waals surface area contributed by atoms with Crippen molar-refractivity contribution in [2.45, 2.75) is 25.8 Å². The smallest absolute Gasteiger partial charge is 0.0618 e. The Hall–Kier alpha value is -2.00. The zero-order chi connectivity index (χ0) is 14.5. The van der Waals surface area contributed by atoms with Crippen LogP contribution in [-0.4, -0.2) is 18.0 Å². The first kappa shape index (κ1) is 14.0. The highest BCUT2D eigenvalue weighted by Crippen LogP contribution is 2.25. The van der Waals surface area contributed by atoms with Gasteiger partial charge in [-0.1, -0.05) is 30.7 Å². The van der Waals surface area contributed by atoms with Crippen LogP contribution in [0.4, 0.5) is 17.1 Å². The average Bonchev–Trinajstić information content (AvgIpc) is 2.52. The van der Waals surface area contributed by atoms with E-state index in [2.05, 4.69) is 28.4 Å². The molecule has 3 heteroatoms. The number of nitrogens with one attached hydrogen (secondary N) is 1. The van der Waals surface area contributed by atoms with Crippen molar-refractivity contribution >= 4 is 17.1 Å². The van der Waals surface area contributed by atoms with Crippen LogP contribution in [0, 0.1) is 0 Å². The Morgan fingerprint density at radius 3 is 2.43 bits per heavy atom. The fraction of sp³-hybridized carbons (Fsp3) is 0.333. The number of likely N-dealkylation sites (tertiary alicyclic amines) is 1. The third-order valence-corrected chi connectivity index (χ3v) is 4.02. The number of para-hydroxylation sites is 1. The molecule has 0 radical (unpaired) electrons. The number of nitrogens with two attached hydrogens (primary N) is 1. The molecule has 0 spiro atoms. The molecule has 0 atom stereocenters. The second kappa shape index (κ2) is 6.64. The third-order valence-electron chi connectivity index (χ3n) is 4.02. The number of hydrogen-bond acceptors (Lipinski definition) is 3. The number of hydrogen-bond donors (Lipinski definition) is 2. The lowest BCUT2D eigenvalue weighted by atomic mass is 10.1. The lowest BCUT2D eigenvalue weighted by molar-refractivity contribution is 0.221. The van der Waals surface area contributed by atoms with Crippen molar-refractivity contribution in [2.24, 2.45) is 0 Å². The molecule has 0 aromatic heterocycles. The molecule has 1 heterocycles. The normalized spacial score (nSPS) is 15.8. The standard InChI is InChI=1S/C18H23N3/c19-17-13-15(14-21-11-5-2-6-12-21)9-10-18(17)20-16-7-3-1-4-8-16/h1,3-4,7-10,13,20H,2,5-6,11-12,14,19H2. The predicted octanol–water partition coefficient (Wildman–Crippen LogP) is 4.00. The largest absolute Gasteiger partial charge is 0.397 e. The summed E-state index contributed by atoms with van der Waals surface area (Å²) in [5, 5.41) is 3.36. The van der Waals surface area contributed by atoms with Crippen LogP contribution in [0.25, 0.3) is 0 Å². The summed E-state index contributed by atoms with van der Waals surface area (Å²) >= 11 is 0. The summed E-state index contributed by atoms with van der Waals surface area (Å²) in [6, 6.07) is 16.5. The van der Waals surface area contributed by atoms with Crippen LogP contribution in [0.3, 0.4) is 0 Å². The van der Waals surface area contributed by atoms with E-state index < -0.39 is 0 Å². The van der Waals surface area contributed by atoms with E-state index in [9.17, 15) is 0 Å². The van der Waals surface area contributed by atoms with Gasteiger partial charge < -0.3 is 11.1 Å². The number of nitrogens with zero attached hydrogens (tertiary/aromatic N) is 1. The van der Waals surface area contributed by atoms with Gasteiger partial charge in [-0.2, -0.15) is 0 Å². The monoisotopic (exact) mass is 281 g/mol. The van der Waals surface area contributed by atoms with E-state index in [0.29, 0.717) is 0 Å². The SMILES string of the molecule is Nc1cc(CN2CCCCC2)ccc1Nc1ccccc1. The van der Waals surface area contributed by atoms with Crippen LogP contribution in [0.5, 0.6) is 0 Å². The molecule has 2 aromatic rings. The molecule has 1 aliphatic heterocycles. The van der Waals surface area contributed by atoms with Gasteiger partial charge in [0.15, 0.2) is 0 Å². The van der Waals surface area contributed by atoms with Crippen LogP contribution in [-0.2, 0) is 6.54 Å². The fourth-order valence-electron chi connectivity index (χ4n) is 2.88. The minimum absolute atomic E-state index is 0.813. The Labute approximate surface area is 126 Å². The Morgan fingerprint density at radius 1 is 0.952 bits per heavy atom. The molecule has 21 heavy (non-hydrogen) atoms. The Kier molecular flexibility index (Phi) is 4.41. The molecular formula is C18H23N3. The maximum absolute atomic E-state index is 6.19. The van der Waals surface area contributed by atoms with Gasteiger partial charge in [0.2, 0.25) is 0 Å². The summed E-state index contributed by atoms with van der Waals surface area (Å²) < 4.78 is 0. The first-order valence-corrected chi connectivity index (χ1v) is 7.74. The van der Waals surface area contributed by atoms with Crippen LogP contribution < -0.4 is 11.1 Å². The lowest BCUT2D eigenvalue weighted by Gasteiger charge is -2.26. The molecule has 0 aliphatic carbocycles. The summed E-state index contributed by atoms with van der Waals surface area (Å²) in [5.41, 5.74) is 10.3. The number of rotatable bonds is 4. The van der Waals surface area contributed by atoms with E-state index in [-0.39, 0.29) is 0 Å². The van der Waals surface area contributed by atoms with Crippen molar-refractivity contribution < 1.29 is 0 Å². The minimum atomic E-state index is 0.813. The molecule has 0 saturated carbocycles. The second-order valence-corrected chi connectivity index (χ2v) is 5.75. The molecule has 2 aromatic carbocycles. The highest BCUT2D eigenvalue weighted by molar-refractivity contribution is 5.73. The third kappa shape index (κ3) is 3.76. The van der Waals surface area contributed by atoms with Gasteiger partial charge in [-0.05, 0) is 55.8 Å². The molecule has 3 rings (SSSR count). The van der Waals surface area contributed by atoms with Crippen LogP contribution in [0.1, 0.15) is 24.8 Å². The molecule has 1 aliphatic rings. The zero-order valence-corrected chi connectivity index (χ0v) is 12.4. The maximum Gasteiger partial charge on any atom is 0.0618 e. The molecule has 3 nitrogen and oxygen atoms in total. The summed E-state index contributed by atoms with van der Waals surface area (Å²) in [6.45, 7) is 3.43. The highest BCUT2D eigenvalue weighted by Gasteiger charge is 2.11. The van der Waals surface area contributed by atoms with Gasteiger partial charge in [-0.3, -0.25) is 4.90 Å². The van der Waals surface area contributed by atoms with Crippen LogP contribution in [0.15, 0.2) is 48.5 Å². The second-order valence-electron chi connectivity index (χ2n) is 5.75. The van der Waals surface area contributed by atoms with Crippen molar-refractivity contribution in [1.29, 1.82) is 0 Å². The van der Waals surface area contributed by atoms with E-state index in [1.807, 2.05) is 30.3 Å². The quantitative estimate of drug-likeness (QED) is 0.832. The average molecular weight is 281 g/mol. The first-order chi connectivity index (χ1) is 10.3. The molecule has 0 amide bonds. The Morgan fingerprint density at radius 2 is 1.71 bits per heavy atom. The van der Waals surface area contributed by atoms with Gasteiger partial charge in [0.05, 0.1) is 11.4 Å². The van der Waals surface area contributed by atoms with E-state index in [1.54, 1.807) is 0 Å². The molecule has 0 unspecified atom stereocenters. The fourth-order valence-corrected chi connectivity index (χ4v) is 2.88. The topological polar surface area (TPSA) is 41.3 Å². The number of anilines is 3. The molecule has 1 saturated heterocycles. The van der Waals surface area contributed by atoms with Crippen molar-refractivity contribution in [3.05, 3.63) is 54.1 Å². The van der Waals surface area contributed by atoms with Crippen LogP contribution in [0.2, 0.25) is 0 Å². The van der Waals surface area contributed by atoms with Gasteiger partial charge in [-0.15, -0.1) is 0 Å². The number of benzene rings is 2. The zero-order valence-electron chi connectivity index (χ0n) is 12.4. The van der Waals surface area contributed by atoms with E-state index in [0.717, 1.165) is 23.6 Å². The maximum atomic E-state index is 6.19. The van der Waals surface area contributed by atoms with E-state index in [4.69, 9.17) is 5.73 Å². The predicted molar refractivity (Wildman–Crippen MR) is 89.7 cm³/mol. The molecule has 0 bridgehead atoms. The summed E-state index contributed by atoms with van der Waals surface area (Å²) in [4.78, 5) is 2.52. The highest BCUT2D eigenvalue weighted by atomic mass is 15.1. The lowest BCUT2D eigenvalue weighted by Crippen LogP contribution is -2.29. The first-order valence-electron chi connectivity index (χ1n) is 7.74. The summed E-state index contributed by atoms with van der Waals surface area (Å²) in [7, 11) is 0. The molecule has 3 N–H and O–H groups in total. The van der Waals surface area contributed by atoms with Crippen molar-refractivity contribution in [2.75, 3.05) is 24.1 Å². The van der Waals surface area contributed by atoms with Crippen molar-refractivity contribution in [1.82, 2.24) is 4.90 Å². The van der Waals surface area contributed by atoms with Gasteiger partial charge in [0.25, 0.3) is 0 Å². The molecule has 110 valence electrons. The van der Waals surface area contributed by atoms with E-state index in [1.165, 1.54) is 37.9 Å². The van der Waals surface area contributed by atoms with Gasteiger partial charge in [0.1, 0.15) is 0 Å². The van der Waals surface area contributed by atoms with E-state index >= 15 is 0 Å². The number of piperidine rings is 1.